The highest BCUT2D eigenvalue weighted by Crippen LogP contribution is 2.23. The van der Waals surface area contributed by atoms with Crippen molar-refractivity contribution in [3.8, 4) is 0 Å². The van der Waals surface area contributed by atoms with E-state index in [0.29, 0.717) is 12.6 Å². The van der Waals surface area contributed by atoms with Gasteiger partial charge in [-0.25, -0.2) is 4.39 Å². The fourth-order valence-electron chi connectivity index (χ4n) is 2.77. The van der Waals surface area contributed by atoms with E-state index in [1.54, 1.807) is 12.1 Å². The second-order valence-electron chi connectivity index (χ2n) is 5.91. The van der Waals surface area contributed by atoms with E-state index in [-0.39, 0.29) is 5.82 Å². The minimum Gasteiger partial charge on any atom is -0.389 e. The molecular formula is C15H22FNO. The maximum atomic E-state index is 13.2. The summed E-state index contributed by atoms with van der Waals surface area (Å²) in [7, 11) is 0. The molecule has 0 aromatic heterocycles. The Labute approximate surface area is 108 Å². The minimum absolute atomic E-state index is 0.167. The first-order valence-electron chi connectivity index (χ1n) is 6.65. The zero-order valence-electron chi connectivity index (χ0n) is 11.2. The van der Waals surface area contributed by atoms with Gasteiger partial charge in [-0.2, -0.15) is 0 Å². The van der Waals surface area contributed by atoms with Crippen molar-refractivity contribution in [3.63, 3.8) is 0 Å². The van der Waals surface area contributed by atoms with Gasteiger partial charge in [-0.1, -0.05) is 12.1 Å². The first kappa shape index (κ1) is 13.5. The molecule has 1 aliphatic heterocycles. The van der Waals surface area contributed by atoms with E-state index in [4.69, 9.17) is 0 Å². The summed E-state index contributed by atoms with van der Waals surface area (Å²) in [4.78, 5) is 2.32. The fraction of sp³-hybridized carbons (Fsp3) is 0.600. The minimum atomic E-state index is -0.662. The summed E-state index contributed by atoms with van der Waals surface area (Å²) in [5.74, 6) is -0.167. The van der Waals surface area contributed by atoms with Gasteiger partial charge in [0.05, 0.1) is 5.60 Å². The third-order valence-corrected chi connectivity index (χ3v) is 3.45. The number of nitrogens with zero attached hydrogens (tertiary/aromatic N) is 1. The standard InChI is InChI=1S/C15H22FNO/c1-15(2,18)11-17-8-4-7-14(17)10-12-5-3-6-13(16)9-12/h3,5-6,9,14,18H,4,7-8,10-11H2,1-2H3. The van der Waals surface area contributed by atoms with Gasteiger partial charge in [0, 0.05) is 12.6 Å². The van der Waals surface area contributed by atoms with Crippen LogP contribution in [0.4, 0.5) is 4.39 Å². The molecule has 1 aromatic carbocycles. The highest BCUT2D eigenvalue weighted by atomic mass is 19.1. The third-order valence-electron chi connectivity index (χ3n) is 3.45. The van der Waals surface area contributed by atoms with Crippen molar-refractivity contribution >= 4 is 0 Å². The third kappa shape index (κ3) is 3.79. The summed E-state index contributed by atoms with van der Waals surface area (Å²) < 4.78 is 13.2. The van der Waals surface area contributed by atoms with Crippen molar-refractivity contribution < 1.29 is 9.50 Å². The summed E-state index contributed by atoms with van der Waals surface area (Å²) >= 11 is 0. The number of β-amino-alcohol motifs (C(OH)–C–C–N with tert-alkyl or cyclic N) is 1. The van der Waals surface area contributed by atoms with Crippen LogP contribution in [-0.4, -0.2) is 34.7 Å². The molecule has 1 atom stereocenters. The van der Waals surface area contributed by atoms with Gasteiger partial charge in [0.2, 0.25) is 0 Å². The predicted molar refractivity (Wildman–Crippen MR) is 71.0 cm³/mol. The largest absolute Gasteiger partial charge is 0.389 e. The lowest BCUT2D eigenvalue weighted by Gasteiger charge is -2.30. The first-order chi connectivity index (χ1) is 8.44. The van der Waals surface area contributed by atoms with Crippen molar-refractivity contribution in [3.05, 3.63) is 35.6 Å². The van der Waals surface area contributed by atoms with Crippen molar-refractivity contribution in [2.24, 2.45) is 0 Å². The number of rotatable bonds is 4. The number of benzene rings is 1. The summed E-state index contributed by atoms with van der Waals surface area (Å²) in [6.45, 7) is 5.39. The Morgan fingerprint density at radius 3 is 2.89 bits per heavy atom. The molecule has 0 spiro atoms. The Hall–Kier alpha value is -0.930. The van der Waals surface area contributed by atoms with E-state index in [2.05, 4.69) is 4.90 Å². The monoisotopic (exact) mass is 251 g/mol. The van der Waals surface area contributed by atoms with Gasteiger partial charge in [0.1, 0.15) is 5.82 Å². The number of halogens is 1. The summed E-state index contributed by atoms with van der Waals surface area (Å²) in [6.07, 6.45) is 3.16. The van der Waals surface area contributed by atoms with Crippen LogP contribution in [0.3, 0.4) is 0 Å². The van der Waals surface area contributed by atoms with Crippen LogP contribution in [-0.2, 0) is 6.42 Å². The summed E-state index contributed by atoms with van der Waals surface area (Å²) in [5.41, 5.74) is 0.382. The molecule has 0 radical (unpaired) electrons. The van der Waals surface area contributed by atoms with Crippen LogP contribution in [0.5, 0.6) is 0 Å². The molecule has 1 heterocycles. The summed E-state index contributed by atoms with van der Waals surface area (Å²) in [5, 5.41) is 9.90. The molecule has 1 fully saturated rings. The van der Waals surface area contributed by atoms with Crippen molar-refractivity contribution in [2.45, 2.75) is 44.8 Å². The molecule has 1 aliphatic rings. The van der Waals surface area contributed by atoms with Crippen LogP contribution >= 0.6 is 0 Å². The van der Waals surface area contributed by atoms with E-state index in [9.17, 15) is 9.50 Å². The SMILES string of the molecule is CC(C)(O)CN1CCCC1Cc1cccc(F)c1. The van der Waals surface area contributed by atoms with Gasteiger partial charge in [0.25, 0.3) is 0 Å². The molecular weight excluding hydrogens is 229 g/mol. The van der Waals surface area contributed by atoms with Gasteiger partial charge < -0.3 is 5.11 Å². The highest BCUT2D eigenvalue weighted by Gasteiger charge is 2.28. The molecule has 1 aromatic rings. The maximum absolute atomic E-state index is 13.2. The molecule has 3 heteroatoms. The Bertz CT molecular complexity index is 400. The molecule has 1 saturated heterocycles. The van der Waals surface area contributed by atoms with Crippen LogP contribution in [0.1, 0.15) is 32.3 Å². The molecule has 0 amide bonds. The number of aliphatic hydroxyl groups is 1. The van der Waals surface area contributed by atoms with Crippen LogP contribution < -0.4 is 0 Å². The van der Waals surface area contributed by atoms with Crippen LogP contribution in [0.15, 0.2) is 24.3 Å². The van der Waals surface area contributed by atoms with Crippen LogP contribution in [0, 0.1) is 5.82 Å². The zero-order valence-corrected chi connectivity index (χ0v) is 11.2. The Balaban J connectivity index is 2.00. The van der Waals surface area contributed by atoms with Crippen LogP contribution in [0.2, 0.25) is 0 Å². The highest BCUT2D eigenvalue weighted by molar-refractivity contribution is 5.17. The van der Waals surface area contributed by atoms with Crippen molar-refractivity contribution in [1.29, 1.82) is 0 Å². The van der Waals surface area contributed by atoms with E-state index >= 15 is 0 Å². The number of hydrogen-bond donors (Lipinski definition) is 1. The Kier molecular flexibility index (Phi) is 4.03. The Morgan fingerprint density at radius 1 is 1.44 bits per heavy atom. The molecule has 0 saturated carbocycles. The summed E-state index contributed by atoms with van der Waals surface area (Å²) in [6, 6.07) is 7.26. The molecule has 2 nitrogen and oxygen atoms in total. The number of likely N-dealkylation sites (tertiary alicyclic amines) is 1. The molecule has 100 valence electrons. The normalized spacial score (nSPS) is 21.4. The molecule has 0 bridgehead atoms. The molecule has 0 aliphatic carbocycles. The molecule has 1 unspecified atom stereocenters. The smallest absolute Gasteiger partial charge is 0.123 e. The zero-order chi connectivity index (χ0) is 13.2. The lowest BCUT2D eigenvalue weighted by atomic mass is 10.0. The average Bonchev–Trinajstić information content (AvgIpc) is 2.63. The van der Waals surface area contributed by atoms with E-state index in [0.717, 1.165) is 31.4 Å². The second kappa shape index (κ2) is 5.37. The Morgan fingerprint density at radius 2 is 2.22 bits per heavy atom. The van der Waals surface area contributed by atoms with E-state index in [1.807, 2.05) is 19.9 Å². The first-order valence-corrected chi connectivity index (χ1v) is 6.65. The molecule has 1 N–H and O–H groups in total. The van der Waals surface area contributed by atoms with Crippen LogP contribution in [0.25, 0.3) is 0 Å². The quantitative estimate of drug-likeness (QED) is 0.889. The van der Waals surface area contributed by atoms with E-state index in [1.165, 1.54) is 6.07 Å². The lowest BCUT2D eigenvalue weighted by Crippen LogP contribution is -2.42. The molecule has 2 rings (SSSR count). The van der Waals surface area contributed by atoms with Crippen molar-refractivity contribution in [2.75, 3.05) is 13.1 Å². The fourth-order valence-corrected chi connectivity index (χ4v) is 2.77. The van der Waals surface area contributed by atoms with Gasteiger partial charge in [0.15, 0.2) is 0 Å². The van der Waals surface area contributed by atoms with Gasteiger partial charge in [-0.15, -0.1) is 0 Å². The van der Waals surface area contributed by atoms with Gasteiger partial charge in [-0.3, -0.25) is 4.90 Å². The van der Waals surface area contributed by atoms with Gasteiger partial charge in [-0.05, 0) is 57.4 Å². The molecule has 18 heavy (non-hydrogen) atoms. The topological polar surface area (TPSA) is 23.5 Å². The number of hydrogen-bond acceptors (Lipinski definition) is 2. The predicted octanol–water partition coefficient (Wildman–Crippen LogP) is 2.60. The average molecular weight is 251 g/mol. The van der Waals surface area contributed by atoms with Gasteiger partial charge >= 0.3 is 0 Å². The maximum Gasteiger partial charge on any atom is 0.123 e. The lowest BCUT2D eigenvalue weighted by molar-refractivity contribution is 0.0319. The van der Waals surface area contributed by atoms with Crippen molar-refractivity contribution in [1.82, 2.24) is 4.90 Å². The van der Waals surface area contributed by atoms with E-state index < -0.39 is 5.60 Å². The second-order valence-corrected chi connectivity index (χ2v) is 5.91.